The van der Waals surface area contributed by atoms with E-state index in [0.29, 0.717) is 5.92 Å². The molecule has 0 spiro atoms. The van der Waals surface area contributed by atoms with E-state index in [4.69, 9.17) is 5.73 Å². The molecule has 3 N–H and O–H groups in total. The Labute approximate surface area is 92.2 Å². The number of hydrogen-bond donors (Lipinski definition) is 2. The Kier molecular flexibility index (Phi) is 2.16. The van der Waals surface area contributed by atoms with Crippen LogP contribution in [-0.2, 0) is 0 Å². The molecule has 0 saturated heterocycles. The van der Waals surface area contributed by atoms with Crippen molar-refractivity contribution in [3.05, 3.63) is 0 Å². The van der Waals surface area contributed by atoms with E-state index in [2.05, 4.69) is 0 Å². The smallest absolute Gasteiger partial charge is 0.0857 e. The highest BCUT2D eigenvalue weighted by Gasteiger charge is 2.59. The molecule has 3 aliphatic carbocycles. The maximum atomic E-state index is 10.9. The predicted octanol–water partition coefficient (Wildman–Crippen LogP) is 2.20. The quantitative estimate of drug-likeness (QED) is 0.695. The number of nitrogens with two attached hydrogens (primary N) is 1. The van der Waals surface area contributed by atoms with Crippen LogP contribution in [0.4, 0.5) is 0 Å². The highest BCUT2D eigenvalue weighted by atomic mass is 16.3. The Bertz CT molecular complexity index is 259. The van der Waals surface area contributed by atoms with E-state index in [1.165, 1.54) is 38.5 Å². The van der Waals surface area contributed by atoms with Crippen LogP contribution in [0.5, 0.6) is 0 Å². The van der Waals surface area contributed by atoms with Crippen LogP contribution in [0.2, 0.25) is 0 Å². The number of rotatable bonds is 1. The van der Waals surface area contributed by atoms with Gasteiger partial charge in [0.05, 0.1) is 5.60 Å². The van der Waals surface area contributed by atoms with Crippen molar-refractivity contribution in [3.8, 4) is 0 Å². The minimum atomic E-state index is -0.504. The normalized spacial score (nSPS) is 48.4. The van der Waals surface area contributed by atoms with Crippen molar-refractivity contribution < 1.29 is 5.11 Å². The zero-order valence-electron chi connectivity index (χ0n) is 9.54. The monoisotopic (exact) mass is 209 g/mol. The molecule has 0 aliphatic heterocycles. The van der Waals surface area contributed by atoms with Crippen LogP contribution >= 0.6 is 0 Å². The molecule has 0 heterocycles. The average molecular weight is 209 g/mol. The highest BCUT2D eigenvalue weighted by molar-refractivity contribution is 5.14. The summed E-state index contributed by atoms with van der Waals surface area (Å²) < 4.78 is 0. The van der Waals surface area contributed by atoms with E-state index < -0.39 is 5.60 Å². The van der Waals surface area contributed by atoms with Crippen molar-refractivity contribution in [2.45, 2.75) is 68.9 Å². The Morgan fingerprint density at radius 3 is 2.33 bits per heavy atom. The van der Waals surface area contributed by atoms with Gasteiger partial charge >= 0.3 is 0 Å². The molecule has 0 aromatic heterocycles. The summed E-state index contributed by atoms with van der Waals surface area (Å²) in [5, 5.41) is 10.9. The van der Waals surface area contributed by atoms with E-state index in [-0.39, 0.29) is 5.54 Å². The molecule has 15 heavy (non-hydrogen) atoms. The lowest BCUT2D eigenvalue weighted by Crippen LogP contribution is -2.63. The predicted molar refractivity (Wildman–Crippen MR) is 60.4 cm³/mol. The Hall–Kier alpha value is -0.0800. The van der Waals surface area contributed by atoms with Crippen LogP contribution in [0, 0.1) is 11.8 Å². The van der Waals surface area contributed by atoms with E-state index >= 15 is 0 Å². The van der Waals surface area contributed by atoms with Crippen LogP contribution in [0.1, 0.15) is 57.8 Å². The van der Waals surface area contributed by atoms with Crippen LogP contribution in [0.25, 0.3) is 0 Å². The zero-order valence-corrected chi connectivity index (χ0v) is 9.54. The minimum Gasteiger partial charge on any atom is -0.388 e. The fourth-order valence-electron chi connectivity index (χ4n) is 4.53. The molecule has 0 amide bonds. The first kappa shape index (κ1) is 10.1. The van der Waals surface area contributed by atoms with Gasteiger partial charge in [-0.15, -0.1) is 0 Å². The molecular weight excluding hydrogens is 186 g/mol. The summed E-state index contributed by atoms with van der Waals surface area (Å²) in [5.74, 6) is 1.30. The van der Waals surface area contributed by atoms with Crippen LogP contribution in [-0.4, -0.2) is 16.2 Å². The maximum Gasteiger partial charge on any atom is 0.0857 e. The topological polar surface area (TPSA) is 46.2 Å². The Balaban J connectivity index is 1.85. The first-order valence-electron chi connectivity index (χ1n) is 6.65. The Morgan fingerprint density at radius 1 is 1.07 bits per heavy atom. The van der Waals surface area contributed by atoms with E-state index in [1.54, 1.807) is 0 Å². The summed E-state index contributed by atoms with van der Waals surface area (Å²) in [5.41, 5.74) is 5.79. The molecule has 0 aromatic carbocycles. The van der Waals surface area contributed by atoms with Gasteiger partial charge in [0.25, 0.3) is 0 Å². The van der Waals surface area contributed by atoms with Gasteiger partial charge in [0.15, 0.2) is 0 Å². The molecule has 3 saturated carbocycles. The van der Waals surface area contributed by atoms with Crippen LogP contribution in [0.15, 0.2) is 0 Å². The lowest BCUT2D eigenvalue weighted by molar-refractivity contribution is -0.0918. The van der Waals surface area contributed by atoms with Crippen molar-refractivity contribution in [1.29, 1.82) is 0 Å². The molecule has 2 nitrogen and oxygen atoms in total. The molecule has 2 heteroatoms. The molecular formula is C13H23NO. The van der Waals surface area contributed by atoms with Gasteiger partial charge < -0.3 is 10.8 Å². The molecule has 3 atom stereocenters. The molecule has 2 bridgehead atoms. The van der Waals surface area contributed by atoms with Gasteiger partial charge in [0.2, 0.25) is 0 Å². The van der Waals surface area contributed by atoms with E-state index in [9.17, 15) is 5.11 Å². The van der Waals surface area contributed by atoms with Crippen LogP contribution < -0.4 is 5.73 Å². The van der Waals surface area contributed by atoms with Gasteiger partial charge in [0, 0.05) is 5.54 Å². The Morgan fingerprint density at radius 2 is 1.80 bits per heavy atom. The molecule has 3 unspecified atom stereocenters. The van der Waals surface area contributed by atoms with Crippen molar-refractivity contribution in [2.75, 3.05) is 0 Å². The summed E-state index contributed by atoms with van der Waals surface area (Å²) in [6.45, 7) is 0. The summed E-state index contributed by atoms with van der Waals surface area (Å²) in [7, 11) is 0. The third kappa shape index (κ3) is 1.31. The van der Waals surface area contributed by atoms with Gasteiger partial charge in [-0.25, -0.2) is 0 Å². The second kappa shape index (κ2) is 3.21. The fraction of sp³-hybridized carbons (Fsp3) is 1.00. The second-order valence-corrected chi connectivity index (χ2v) is 6.22. The second-order valence-electron chi connectivity index (χ2n) is 6.22. The fourth-order valence-corrected chi connectivity index (χ4v) is 4.53. The standard InChI is InChI=1S/C13H23NO/c14-12(6-2-1-3-7-12)13(15)9-10-4-5-11(13)8-10/h10-11,15H,1-9,14H2. The number of hydrogen-bond acceptors (Lipinski definition) is 2. The first-order valence-corrected chi connectivity index (χ1v) is 6.65. The molecule has 0 aromatic rings. The summed E-state index contributed by atoms with van der Waals surface area (Å²) >= 11 is 0. The van der Waals surface area contributed by atoms with Crippen molar-refractivity contribution in [1.82, 2.24) is 0 Å². The van der Waals surface area contributed by atoms with Crippen molar-refractivity contribution in [2.24, 2.45) is 17.6 Å². The maximum absolute atomic E-state index is 10.9. The molecule has 86 valence electrons. The lowest BCUT2D eigenvalue weighted by atomic mass is 9.64. The largest absolute Gasteiger partial charge is 0.388 e. The molecule has 3 fully saturated rings. The zero-order chi connectivity index (χ0) is 10.5. The summed E-state index contributed by atoms with van der Waals surface area (Å²) in [4.78, 5) is 0. The van der Waals surface area contributed by atoms with Gasteiger partial charge in [-0.3, -0.25) is 0 Å². The van der Waals surface area contributed by atoms with Gasteiger partial charge in [-0.2, -0.15) is 0 Å². The molecule has 3 rings (SSSR count). The summed E-state index contributed by atoms with van der Waals surface area (Å²) in [6.07, 6.45) is 10.6. The molecule has 3 aliphatic rings. The third-order valence-electron chi connectivity index (χ3n) is 5.42. The molecule has 0 radical (unpaired) electrons. The average Bonchev–Trinajstić information content (AvgIpc) is 2.79. The van der Waals surface area contributed by atoms with Crippen molar-refractivity contribution in [3.63, 3.8) is 0 Å². The van der Waals surface area contributed by atoms with Gasteiger partial charge in [-0.1, -0.05) is 19.3 Å². The van der Waals surface area contributed by atoms with Gasteiger partial charge in [-0.05, 0) is 50.4 Å². The van der Waals surface area contributed by atoms with Crippen molar-refractivity contribution >= 4 is 0 Å². The SMILES string of the molecule is NC1(C2(O)CC3CCC2C3)CCCCC1. The third-order valence-corrected chi connectivity index (χ3v) is 5.42. The van der Waals surface area contributed by atoms with E-state index in [0.717, 1.165) is 25.2 Å². The van der Waals surface area contributed by atoms with E-state index in [1.807, 2.05) is 0 Å². The minimum absolute atomic E-state index is 0.245. The summed E-state index contributed by atoms with van der Waals surface area (Å²) in [6, 6.07) is 0. The van der Waals surface area contributed by atoms with Crippen LogP contribution in [0.3, 0.4) is 0 Å². The number of fused-ring (bicyclic) bond motifs is 2. The van der Waals surface area contributed by atoms with Gasteiger partial charge in [0.1, 0.15) is 0 Å². The highest BCUT2D eigenvalue weighted by Crippen LogP contribution is 2.56. The number of aliphatic hydroxyl groups is 1. The lowest BCUT2D eigenvalue weighted by Gasteiger charge is -2.49. The first-order chi connectivity index (χ1) is 7.14.